The van der Waals surface area contributed by atoms with E-state index in [0.717, 1.165) is 19.3 Å². The molecule has 242 valence electrons. The van der Waals surface area contributed by atoms with Gasteiger partial charge in [-0.15, -0.1) is 0 Å². The lowest BCUT2D eigenvalue weighted by atomic mass is 9.61. The zero-order valence-electron chi connectivity index (χ0n) is 25.1. The van der Waals surface area contributed by atoms with Gasteiger partial charge in [0, 0.05) is 17.3 Å². The largest absolute Gasteiger partial charge is 0.458 e. The number of rotatable bonds is 10. The summed E-state index contributed by atoms with van der Waals surface area (Å²) in [5, 5.41) is -4.74. The first kappa shape index (κ1) is 32.1. The summed E-state index contributed by atoms with van der Waals surface area (Å²) in [6, 6.07) is 0. The molecule has 4 bridgehead atoms. The number of hydrogen-bond acceptors (Lipinski definition) is 10. The highest BCUT2D eigenvalue weighted by Crippen LogP contribution is 2.73. The molecule has 4 saturated carbocycles. The SMILES string of the molecule is CC(C)C1(OC(=O)C2C3CC4C(OC(=O)C42)C3OC(=O)CCC(=O)OC(C)C(F)(F)S(=O)(=O)O)CC2CCC1(C)C2(C)C. The van der Waals surface area contributed by atoms with E-state index in [9.17, 15) is 36.4 Å². The first-order valence-electron chi connectivity index (χ1n) is 14.9. The highest BCUT2D eigenvalue weighted by molar-refractivity contribution is 7.86. The van der Waals surface area contributed by atoms with E-state index in [1.807, 2.05) is 0 Å². The Hall–Kier alpha value is -2.35. The number of halogens is 2. The number of fused-ring (bicyclic) bond motifs is 3. The van der Waals surface area contributed by atoms with E-state index in [0.29, 0.717) is 19.3 Å². The van der Waals surface area contributed by atoms with Gasteiger partial charge in [0.2, 0.25) is 0 Å². The number of carbonyl (C=O) groups is 4. The van der Waals surface area contributed by atoms with Gasteiger partial charge in [-0.25, -0.2) is 0 Å². The van der Waals surface area contributed by atoms with E-state index in [1.54, 1.807) is 0 Å². The van der Waals surface area contributed by atoms with Gasteiger partial charge in [0.1, 0.15) is 17.8 Å². The number of esters is 4. The molecule has 5 fully saturated rings. The molecule has 14 heteroatoms. The van der Waals surface area contributed by atoms with Crippen LogP contribution in [0.5, 0.6) is 0 Å². The Labute approximate surface area is 249 Å². The molecule has 4 aliphatic carbocycles. The van der Waals surface area contributed by atoms with Crippen molar-refractivity contribution in [2.45, 2.75) is 109 Å². The standard InChI is InChI=1S/C29H40F2O11S/c1-13(2)28(12-15-9-10-27(28,6)26(15,4)5)42-25(35)21-17-11-16-20(21)24(34)41-23(16)22(17)40-19(33)8-7-18(32)39-14(3)29(30,31)43(36,37)38/h13-17,20-23H,7-12H2,1-6H3,(H,36,37,38). The van der Waals surface area contributed by atoms with Crippen LogP contribution in [0.25, 0.3) is 0 Å². The zero-order chi connectivity index (χ0) is 32.1. The second-order valence-corrected chi connectivity index (χ2v) is 15.6. The van der Waals surface area contributed by atoms with E-state index in [-0.39, 0.29) is 22.7 Å². The second kappa shape index (κ2) is 10.1. The highest BCUT2D eigenvalue weighted by Gasteiger charge is 2.74. The van der Waals surface area contributed by atoms with Crippen LogP contribution in [0, 0.1) is 46.3 Å². The predicted molar refractivity (Wildman–Crippen MR) is 143 cm³/mol. The van der Waals surface area contributed by atoms with Crippen LogP contribution in [0.15, 0.2) is 0 Å². The molecular formula is C29H40F2O11S. The number of alkyl halides is 2. The number of ether oxygens (including phenoxy) is 4. The minimum absolute atomic E-state index is 0.0291. The molecule has 1 heterocycles. The average molecular weight is 635 g/mol. The van der Waals surface area contributed by atoms with Gasteiger partial charge in [0.05, 0.1) is 24.7 Å². The van der Waals surface area contributed by atoms with Gasteiger partial charge in [-0.3, -0.25) is 23.7 Å². The van der Waals surface area contributed by atoms with Gasteiger partial charge < -0.3 is 18.9 Å². The van der Waals surface area contributed by atoms with Crippen molar-refractivity contribution in [3.8, 4) is 0 Å². The van der Waals surface area contributed by atoms with Crippen molar-refractivity contribution in [3.05, 3.63) is 0 Å². The normalized spacial score (nSPS) is 39.6. The second-order valence-electron chi connectivity index (χ2n) is 14.1. The summed E-state index contributed by atoms with van der Waals surface area (Å²) >= 11 is 0. The first-order chi connectivity index (χ1) is 19.7. The molecule has 5 rings (SSSR count). The van der Waals surface area contributed by atoms with Gasteiger partial charge in [-0.05, 0) is 49.9 Å². The molecule has 0 radical (unpaired) electrons. The van der Waals surface area contributed by atoms with Crippen molar-refractivity contribution < 1.29 is 59.9 Å². The Morgan fingerprint density at radius 3 is 2.26 bits per heavy atom. The molecule has 10 unspecified atom stereocenters. The third kappa shape index (κ3) is 4.51. The summed E-state index contributed by atoms with van der Waals surface area (Å²) in [5.74, 6) is -5.23. The minimum Gasteiger partial charge on any atom is -0.458 e. The Morgan fingerprint density at radius 1 is 1.09 bits per heavy atom. The molecule has 1 aliphatic heterocycles. The summed E-state index contributed by atoms with van der Waals surface area (Å²) in [4.78, 5) is 51.6. The van der Waals surface area contributed by atoms with Crippen molar-refractivity contribution in [1.82, 2.24) is 0 Å². The molecule has 0 aromatic heterocycles. The third-order valence-corrected chi connectivity index (χ3v) is 12.9. The van der Waals surface area contributed by atoms with Gasteiger partial charge in [-0.2, -0.15) is 17.2 Å². The maximum absolute atomic E-state index is 14.0. The first-order valence-corrected chi connectivity index (χ1v) is 16.3. The molecule has 10 atom stereocenters. The van der Waals surface area contributed by atoms with Crippen LogP contribution in [0.3, 0.4) is 0 Å². The van der Waals surface area contributed by atoms with Crippen LogP contribution in [-0.4, -0.2) is 66.0 Å². The lowest BCUT2D eigenvalue weighted by molar-refractivity contribution is -0.200. The van der Waals surface area contributed by atoms with E-state index in [4.69, 9.17) is 18.8 Å². The van der Waals surface area contributed by atoms with Crippen LogP contribution < -0.4 is 0 Å². The van der Waals surface area contributed by atoms with Crippen LogP contribution >= 0.6 is 0 Å². The Morgan fingerprint density at radius 2 is 1.72 bits per heavy atom. The van der Waals surface area contributed by atoms with E-state index in [1.165, 1.54) is 0 Å². The third-order valence-electron chi connectivity index (χ3n) is 11.9. The summed E-state index contributed by atoms with van der Waals surface area (Å²) in [6.07, 6.45) is -2.35. The smallest absolute Gasteiger partial charge is 0.405 e. The molecule has 43 heavy (non-hydrogen) atoms. The quantitative estimate of drug-likeness (QED) is 0.212. The minimum atomic E-state index is -5.83. The Bertz CT molecular complexity index is 1330. The molecular weight excluding hydrogens is 594 g/mol. The molecule has 0 aromatic carbocycles. The highest BCUT2D eigenvalue weighted by atomic mass is 32.2. The van der Waals surface area contributed by atoms with Crippen LogP contribution in [-0.2, 0) is 48.2 Å². The fourth-order valence-corrected chi connectivity index (χ4v) is 9.58. The van der Waals surface area contributed by atoms with Crippen molar-refractivity contribution in [1.29, 1.82) is 0 Å². The number of carbonyl (C=O) groups excluding carboxylic acids is 4. The van der Waals surface area contributed by atoms with Crippen molar-refractivity contribution in [2.24, 2.45) is 46.3 Å². The topological polar surface area (TPSA) is 160 Å². The fraction of sp³-hybridized carbons (Fsp3) is 0.862. The zero-order valence-corrected chi connectivity index (χ0v) is 25.9. The van der Waals surface area contributed by atoms with E-state index >= 15 is 0 Å². The summed E-state index contributed by atoms with van der Waals surface area (Å²) in [5.41, 5.74) is -1.01. The molecule has 1 saturated heterocycles. The molecule has 1 N–H and O–H groups in total. The van der Waals surface area contributed by atoms with Gasteiger partial charge in [0.25, 0.3) is 0 Å². The van der Waals surface area contributed by atoms with Crippen LogP contribution in [0.4, 0.5) is 8.78 Å². The fourth-order valence-electron chi connectivity index (χ4n) is 9.11. The van der Waals surface area contributed by atoms with Crippen molar-refractivity contribution in [2.75, 3.05) is 0 Å². The average Bonchev–Trinajstić information content (AvgIpc) is 3.60. The van der Waals surface area contributed by atoms with Crippen molar-refractivity contribution >= 4 is 34.0 Å². The van der Waals surface area contributed by atoms with E-state index < -0.39 is 93.8 Å². The lowest BCUT2D eigenvalue weighted by Crippen LogP contribution is -2.55. The Balaban J connectivity index is 1.26. The molecule has 0 spiro atoms. The summed E-state index contributed by atoms with van der Waals surface area (Å²) < 4.78 is 79.8. The summed E-state index contributed by atoms with van der Waals surface area (Å²) in [6.45, 7) is 11.3. The van der Waals surface area contributed by atoms with Gasteiger partial charge in [0.15, 0.2) is 6.10 Å². The van der Waals surface area contributed by atoms with Gasteiger partial charge >= 0.3 is 39.2 Å². The van der Waals surface area contributed by atoms with Gasteiger partial charge in [-0.1, -0.05) is 34.6 Å². The van der Waals surface area contributed by atoms with Crippen molar-refractivity contribution in [3.63, 3.8) is 0 Å². The lowest BCUT2D eigenvalue weighted by Gasteiger charge is -2.51. The van der Waals surface area contributed by atoms with Crippen LogP contribution in [0.1, 0.15) is 80.1 Å². The van der Waals surface area contributed by atoms with E-state index in [2.05, 4.69) is 39.4 Å². The monoisotopic (exact) mass is 634 g/mol. The summed E-state index contributed by atoms with van der Waals surface area (Å²) in [7, 11) is -5.83. The Kier molecular flexibility index (Phi) is 7.52. The number of hydrogen-bond donors (Lipinski definition) is 1. The van der Waals surface area contributed by atoms with Crippen LogP contribution in [0.2, 0.25) is 0 Å². The molecule has 0 amide bonds. The molecule has 11 nitrogen and oxygen atoms in total. The maximum Gasteiger partial charge on any atom is 0.405 e. The predicted octanol–water partition coefficient (Wildman–Crippen LogP) is 3.68. The maximum atomic E-state index is 14.0. The molecule has 5 aliphatic rings. The molecule has 0 aromatic rings.